The predicted octanol–water partition coefficient (Wildman–Crippen LogP) is 4.27. The Hall–Kier alpha value is -1.28. The summed E-state index contributed by atoms with van der Waals surface area (Å²) in [7, 11) is 0. The van der Waals surface area contributed by atoms with E-state index in [1.165, 1.54) is 10.5 Å². The van der Waals surface area contributed by atoms with E-state index in [-0.39, 0.29) is 0 Å². The lowest BCUT2D eigenvalue weighted by Gasteiger charge is -2.04. The third kappa shape index (κ3) is 4.07. The fourth-order valence-electron chi connectivity index (χ4n) is 1.21. The van der Waals surface area contributed by atoms with Crippen LogP contribution >= 0.6 is 11.8 Å². The van der Waals surface area contributed by atoms with Crippen molar-refractivity contribution in [1.29, 1.82) is 0 Å². The second-order valence-corrected chi connectivity index (χ2v) is 4.35. The number of thioether (sulfide) groups is 1. The lowest BCUT2D eigenvalue weighted by Crippen LogP contribution is -1.79. The highest BCUT2D eigenvalue weighted by Gasteiger charge is 1.99. The Labute approximate surface area is 101 Å². The van der Waals surface area contributed by atoms with Gasteiger partial charge in [-0.2, -0.15) is 0 Å². The highest BCUT2D eigenvalue weighted by Crippen LogP contribution is 2.29. The standard InChI is InChI=1S/C14H16OS/c1-3-7-14(16-11-12(2)10-15)13-8-5-4-6-9-13/h4-11H,3H2,1-2H3/b12-11+,14-7-. The molecule has 1 aromatic rings. The predicted molar refractivity (Wildman–Crippen MR) is 72.1 cm³/mol. The van der Waals surface area contributed by atoms with E-state index in [1.807, 2.05) is 30.5 Å². The molecule has 0 aromatic heterocycles. The van der Waals surface area contributed by atoms with Gasteiger partial charge >= 0.3 is 0 Å². The summed E-state index contributed by atoms with van der Waals surface area (Å²) < 4.78 is 0. The van der Waals surface area contributed by atoms with Gasteiger partial charge in [0, 0.05) is 4.91 Å². The van der Waals surface area contributed by atoms with Crippen LogP contribution in [-0.2, 0) is 4.79 Å². The topological polar surface area (TPSA) is 17.1 Å². The van der Waals surface area contributed by atoms with Crippen molar-refractivity contribution in [2.24, 2.45) is 0 Å². The van der Waals surface area contributed by atoms with Crippen LogP contribution in [0.3, 0.4) is 0 Å². The molecule has 0 amide bonds. The molecule has 0 saturated heterocycles. The first-order valence-corrected chi connectivity index (χ1v) is 6.20. The van der Waals surface area contributed by atoms with Crippen LogP contribution in [0.1, 0.15) is 25.8 Å². The van der Waals surface area contributed by atoms with E-state index in [9.17, 15) is 4.79 Å². The highest BCUT2D eigenvalue weighted by molar-refractivity contribution is 8.10. The molecule has 1 nitrogen and oxygen atoms in total. The Morgan fingerprint density at radius 3 is 2.56 bits per heavy atom. The smallest absolute Gasteiger partial charge is 0.146 e. The molecule has 0 bridgehead atoms. The summed E-state index contributed by atoms with van der Waals surface area (Å²) in [6.45, 7) is 3.92. The van der Waals surface area contributed by atoms with Crippen molar-refractivity contribution < 1.29 is 4.79 Å². The summed E-state index contributed by atoms with van der Waals surface area (Å²) in [6, 6.07) is 10.2. The molecule has 0 atom stereocenters. The van der Waals surface area contributed by atoms with Crippen LogP contribution in [0, 0.1) is 0 Å². The number of aldehydes is 1. The Morgan fingerprint density at radius 2 is 2.00 bits per heavy atom. The van der Waals surface area contributed by atoms with E-state index in [0.29, 0.717) is 0 Å². The SMILES string of the molecule is CC/C=C(\S/C=C(\C)C=O)c1ccccc1. The largest absolute Gasteiger partial charge is 0.298 e. The second-order valence-electron chi connectivity index (χ2n) is 3.44. The molecule has 0 fully saturated rings. The van der Waals surface area contributed by atoms with Crippen molar-refractivity contribution in [1.82, 2.24) is 0 Å². The minimum Gasteiger partial charge on any atom is -0.298 e. The average Bonchev–Trinajstić information content (AvgIpc) is 2.35. The fraction of sp³-hybridized carbons (Fsp3) is 0.214. The van der Waals surface area contributed by atoms with Gasteiger partial charge in [0.1, 0.15) is 6.29 Å². The zero-order valence-corrected chi connectivity index (χ0v) is 10.5. The van der Waals surface area contributed by atoms with Gasteiger partial charge in [-0.1, -0.05) is 55.1 Å². The van der Waals surface area contributed by atoms with Gasteiger partial charge in [-0.15, -0.1) is 0 Å². The first kappa shape index (κ1) is 12.8. The van der Waals surface area contributed by atoms with E-state index < -0.39 is 0 Å². The third-order valence-electron chi connectivity index (χ3n) is 2.01. The van der Waals surface area contributed by atoms with Crippen molar-refractivity contribution in [2.75, 3.05) is 0 Å². The molecule has 0 N–H and O–H groups in total. The molecule has 0 aliphatic carbocycles. The number of carbonyl (C=O) groups excluding carboxylic acids is 1. The zero-order valence-electron chi connectivity index (χ0n) is 9.64. The van der Waals surface area contributed by atoms with E-state index in [0.717, 1.165) is 18.3 Å². The molecular formula is C14H16OS. The van der Waals surface area contributed by atoms with Crippen molar-refractivity contribution in [3.05, 3.63) is 53.0 Å². The van der Waals surface area contributed by atoms with Crippen LogP contribution in [0.25, 0.3) is 4.91 Å². The monoisotopic (exact) mass is 232 g/mol. The molecule has 0 aliphatic heterocycles. The summed E-state index contributed by atoms with van der Waals surface area (Å²) in [4.78, 5) is 11.7. The lowest BCUT2D eigenvalue weighted by molar-refractivity contribution is -0.104. The van der Waals surface area contributed by atoms with Crippen molar-refractivity contribution in [3.63, 3.8) is 0 Å². The summed E-state index contributed by atoms with van der Waals surface area (Å²) in [6.07, 6.45) is 4.04. The summed E-state index contributed by atoms with van der Waals surface area (Å²) >= 11 is 1.60. The van der Waals surface area contributed by atoms with Gasteiger partial charge in [-0.25, -0.2) is 0 Å². The van der Waals surface area contributed by atoms with Gasteiger partial charge in [0.2, 0.25) is 0 Å². The Bertz CT molecular complexity index is 390. The van der Waals surface area contributed by atoms with Crippen molar-refractivity contribution >= 4 is 23.0 Å². The first-order valence-electron chi connectivity index (χ1n) is 5.32. The molecule has 1 aromatic carbocycles. The molecule has 0 unspecified atom stereocenters. The Morgan fingerprint density at radius 1 is 1.31 bits per heavy atom. The molecule has 0 saturated carbocycles. The van der Waals surface area contributed by atoms with Gasteiger partial charge in [0.05, 0.1) is 0 Å². The normalized spacial score (nSPS) is 12.6. The fourth-order valence-corrected chi connectivity index (χ4v) is 2.11. The van der Waals surface area contributed by atoms with Crippen LogP contribution in [-0.4, -0.2) is 6.29 Å². The Kier molecular flexibility index (Phi) is 5.65. The number of rotatable bonds is 5. The van der Waals surface area contributed by atoms with Gasteiger partial charge in [-0.3, -0.25) is 4.79 Å². The van der Waals surface area contributed by atoms with Gasteiger partial charge in [-0.05, 0) is 29.9 Å². The Balaban J connectivity index is 2.85. The molecule has 16 heavy (non-hydrogen) atoms. The summed E-state index contributed by atoms with van der Waals surface area (Å²) in [5, 5.41) is 1.89. The van der Waals surface area contributed by atoms with Crippen LogP contribution in [0.4, 0.5) is 0 Å². The van der Waals surface area contributed by atoms with Crippen LogP contribution in [0.15, 0.2) is 47.4 Å². The number of hydrogen-bond donors (Lipinski definition) is 0. The van der Waals surface area contributed by atoms with Gasteiger partial charge in [0.15, 0.2) is 0 Å². The molecule has 2 heteroatoms. The third-order valence-corrected chi connectivity index (χ3v) is 3.15. The van der Waals surface area contributed by atoms with Crippen LogP contribution < -0.4 is 0 Å². The summed E-state index contributed by atoms with van der Waals surface area (Å²) in [5.41, 5.74) is 1.95. The quantitative estimate of drug-likeness (QED) is 0.557. The van der Waals surface area contributed by atoms with E-state index in [1.54, 1.807) is 11.8 Å². The van der Waals surface area contributed by atoms with E-state index in [2.05, 4.69) is 25.1 Å². The minimum atomic E-state index is 0.753. The molecule has 84 valence electrons. The molecule has 0 radical (unpaired) electrons. The molecule has 0 heterocycles. The number of allylic oxidation sites excluding steroid dienone is 2. The van der Waals surface area contributed by atoms with E-state index >= 15 is 0 Å². The van der Waals surface area contributed by atoms with Gasteiger partial charge in [0.25, 0.3) is 0 Å². The molecule has 0 aliphatic rings. The number of benzene rings is 1. The molecule has 0 spiro atoms. The second kappa shape index (κ2) is 7.07. The number of carbonyl (C=O) groups is 1. The van der Waals surface area contributed by atoms with Crippen LogP contribution in [0.2, 0.25) is 0 Å². The van der Waals surface area contributed by atoms with Gasteiger partial charge < -0.3 is 0 Å². The summed E-state index contributed by atoms with van der Waals surface area (Å²) in [5.74, 6) is 0. The molecular weight excluding hydrogens is 216 g/mol. The maximum absolute atomic E-state index is 10.5. The minimum absolute atomic E-state index is 0.753. The highest BCUT2D eigenvalue weighted by atomic mass is 32.2. The number of hydrogen-bond acceptors (Lipinski definition) is 2. The van der Waals surface area contributed by atoms with E-state index in [4.69, 9.17) is 0 Å². The maximum Gasteiger partial charge on any atom is 0.146 e. The maximum atomic E-state index is 10.5. The first-order chi connectivity index (χ1) is 7.77. The lowest BCUT2D eigenvalue weighted by atomic mass is 10.2. The molecule has 1 rings (SSSR count). The van der Waals surface area contributed by atoms with Crippen LogP contribution in [0.5, 0.6) is 0 Å². The van der Waals surface area contributed by atoms with Crippen molar-refractivity contribution in [2.45, 2.75) is 20.3 Å². The van der Waals surface area contributed by atoms with Crippen molar-refractivity contribution in [3.8, 4) is 0 Å². The average molecular weight is 232 g/mol. The zero-order chi connectivity index (χ0) is 11.8.